The number of rotatable bonds is 5. The molecule has 0 saturated heterocycles. The Balaban J connectivity index is 2.83. The molecule has 1 rings (SSSR count). The summed E-state index contributed by atoms with van der Waals surface area (Å²) in [4.78, 5) is 22.6. The van der Waals surface area contributed by atoms with Gasteiger partial charge in [0.2, 0.25) is 0 Å². The van der Waals surface area contributed by atoms with Crippen LogP contribution in [0, 0.1) is 0 Å². The van der Waals surface area contributed by atoms with E-state index in [1.165, 1.54) is 18.2 Å². The number of nitrogen functional groups attached to an aromatic ring is 1. The van der Waals surface area contributed by atoms with Gasteiger partial charge in [-0.25, -0.2) is 4.79 Å². The number of aliphatic hydroxyl groups is 1. The maximum Gasteiger partial charge on any atom is 0.326 e. The maximum atomic E-state index is 11.8. The highest BCUT2D eigenvalue weighted by Crippen LogP contribution is 2.16. The van der Waals surface area contributed by atoms with Crippen molar-refractivity contribution in [1.82, 2.24) is 5.32 Å². The number of carbonyl (C=O) groups excluding carboxylic acids is 1. The Labute approximate surface area is 108 Å². The largest absolute Gasteiger partial charge is 0.480 e. The van der Waals surface area contributed by atoms with Crippen molar-refractivity contribution < 1.29 is 19.8 Å². The van der Waals surface area contributed by atoms with Crippen LogP contribution < -0.4 is 11.1 Å². The van der Waals surface area contributed by atoms with Crippen LogP contribution in [0.3, 0.4) is 0 Å². The molecule has 0 bridgehead atoms. The van der Waals surface area contributed by atoms with Crippen LogP contribution in [0.25, 0.3) is 0 Å². The highest BCUT2D eigenvalue weighted by Gasteiger charge is 2.20. The van der Waals surface area contributed by atoms with E-state index in [0.717, 1.165) is 0 Å². The Morgan fingerprint density at radius 3 is 2.56 bits per heavy atom. The molecule has 0 heterocycles. The van der Waals surface area contributed by atoms with E-state index in [1.807, 2.05) is 0 Å². The number of aliphatic carboxylic acids is 1. The molecule has 1 atom stereocenters. The monoisotopic (exact) mass is 272 g/mol. The number of nitrogens with two attached hydrogens (primary N) is 1. The lowest BCUT2D eigenvalue weighted by Gasteiger charge is -2.13. The summed E-state index contributed by atoms with van der Waals surface area (Å²) >= 11 is 5.74. The zero-order valence-electron chi connectivity index (χ0n) is 9.39. The van der Waals surface area contributed by atoms with E-state index in [9.17, 15) is 9.59 Å². The predicted molar refractivity (Wildman–Crippen MR) is 66.5 cm³/mol. The van der Waals surface area contributed by atoms with Crippen molar-refractivity contribution in [3.63, 3.8) is 0 Å². The van der Waals surface area contributed by atoms with Crippen LogP contribution in [-0.4, -0.2) is 34.7 Å². The normalized spacial score (nSPS) is 11.9. The lowest BCUT2D eigenvalue weighted by Crippen LogP contribution is -2.41. The van der Waals surface area contributed by atoms with Crippen LogP contribution in [0.15, 0.2) is 18.2 Å². The molecule has 7 heteroatoms. The highest BCUT2D eigenvalue weighted by molar-refractivity contribution is 6.31. The molecule has 1 aromatic carbocycles. The van der Waals surface area contributed by atoms with E-state index in [4.69, 9.17) is 27.5 Å². The van der Waals surface area contributed by atoms with Gasteiger partial charge in [0.1, 0.15) is 6.04 Å². The van der Waals surface area contributed by atoms with Gasteiger partial charge in [0.15, 0.2) is 0 Å². The summed E-state index contributed by atoms with van der Waals surface area (Å²) in [7, 11) is 0. The molecule has 0 aliphatic rings. The topological polar surface area (TPSA) is 113 Å². The van der Waals surface area contributed by atoms with Gasteiger partial charge >= 0.3 is 5.97 Å². The Morgan fingerprint density at radius 1 is 1.39 bits per heavy atom. The fraction of sp³-hybridized carbons (Fsp3) is 0.273. The standard InChI is InChI=1S/C11H13ClN2O4/c12-7-3-6(4-8(13)5-7)10(16)14-9(1-2-15)11(17)18/h3-5,9,15H,1-2,13H2,(H,14,16)(H,17,18)/t9-/m1/s1. The molecule has 0 spiro atoms. The van der Waals surface area contributed by atoms with Crippen LogP contribution in [-0.2, 0) is 4.79 Å². The number of carboxylic acid groups (broad SMARTS) is 1. The number of hydrogen-bond acceptors (Lipinski definition) is 4. The summed E-state index contributed by atoms with van der Waals surface area (Å²) in [6.07, 6.45) is -0.0723. The second-order valence-corrected chi connectivity index (χ2v) is 4.09. The van der Waals surface area contributed by atoms with E-state index in [1.54, 1.807) is 0 Å². The minimum Gasteiger partial charge on any atom is -0.480 e. The third-order valence-electron chi connectivity index (χ3n) is 2.20. The van der Waals surface area contributed by atoms with Crippen LogP contribution in [0.1, 0.15) is 16.8 Å². The quantitative estimate of drug-likeness (QED) is 0.583. The molecule has 0 aliphatic carbocycles. The minimum absolute atomic E-state index is 0.0723. The molecule has 1 amide bonds. The number of amides is 1. The first-order valence-corrected chi connectivity index (χ1v) is 5.52. The molecular formula is C11H13ClN2O4. The molecule has 0 fully saturated rings. The minimum atomic E-state index is -1.22. The fourth-order valence-corrected chi connectivity index (χ4v) is 1.62. The molecule has 5 N–H and O–H groups in total. The molecule has 0 unspecified atom stereocenters. The van der Waals surface area contributed by atoms with Gasteiger partial charge in [0.25, 0.3) is 5.91 Å². The first-order chi connectivity index (χ1) is 8.43. The van der Waals surface area contributed by atoms with E-state index >= 15 is 0 Å². The molecule has 0 aliphatic heterocycles. The summed E-state index contributed by atoms with van der Waals surface area (Å²) in [5.74, 6) is -1.82. The van der Waals surface area contributed by atoms with Crippen molar-refractivity contribution in [2.24, 2.45) is 0 Å². The number of anilines is 1. The van der Waals surface area contributed by atoms with Crippen molar-refractivity contribution in [2.75, 3.05) is 12.3 Å². The zero-order chi connectivity index (χ0) is 13.7. The Bertz CT molecular complexity index is 444. The smallest absolute Gasteiger partial charge is 0.326 e. The van der Waals surface area contributed by atoms with Crippen molar-refractivity contribution in [3.8, 4) is 0 Å². The SMILES string of the molecule is Nc1cc(Cl)cc(C(=O)N[C@H](CCO)C(=O)O)c1. The molecule has 1 aromatic rings. The molecule has 18 heavy (non-hydrogen) atoms. The van der Waals surface area contributed by atoms with Gasteiger partial charge in [-0.1, -0.05) is 11.6 Å². The average molecular weight is 273 g/mol. The molecule has 0 aromatic heterocycles. The lowest BCUT2D eigenvalue weighted by atomic mass is 10.1. The maximum absolute atomic E-state index is 11.8. The first kappa shape index (κ1) is 14.3. The third-order valence-corrected chi connectivity index (χ3v) is 2.42. The molecule has 98 valence electrons. The second-order valence-electron chi connectivity index (χ2n) is 3.65. The van der Waals surface area contributed by atoms with Crippen molar-refractivity contribution in [3.05, 3.63) is 28.8 Å². The van der Waals surface area contributed by atoms with E-state index < -0.39 is 17.9 Å². The highest BCUT2D eigenvalue weighted by atomic mass is 35.5. The van der Waals surface area contributed by atoms with Gasteiger partial charge in [-0.2, -0.15) is 0 Å². The molecule has 0 radical (unpaired) electrons. The van der Waals surface area contributed by atoms with Crippen molar-refractivity contribution in [2.45, 2.75) is 12.5 Å². The van der Waals surface area contributed by atoms with Crippen molar-refractivity contribution in [1.29, 1.82) is 0 Å². The Kier molecular flexibility index (Phi) is 4.94. The van der Waals surface area contributed by atoms with E-state index in [0.29, 0.717) is 5.69 Å². The van der Waals surface area contributed by atoms with Gasteiger partial charge in [-0.05, 0) is 18.2 Å². The summed E-state index contributed by atoms with van der Waals surface area (Å²) in [6.45, 7) is -0.338. The molecule has 6 nitrogen and oxygen atoms in total. The second kappa shape index (κ2) is 6.23. The van der Waals surface area contributed by atoms with E-state index in [2.05, 4.69) is 5.32 Å². The fourth-order valence-electron chi connectivity index (χ4n) is 1.37. The first-order valence-electron chi connectivity index (χ1n) is 5.14. The number of carboxylic acids is 1. The van der Waals surface area contributed by atoms with Gasteiger partial charge in [-0.15, -0.1) is 0 Å². The van der Waals surface area contributed by atoms with Crippen LogP contribution in [0.4, 0.5) is 5.69 Å². The van der Waals surface area contributed by atoms with E-state index in [-0.39, 0.29) is 23.6 Å². The summed E-state index contributed by atoms with van der Waals surface area (Å²) in [5, 5.41) is 20.1. The average Bonchev–Trinajstić information content (AvgIpc) is 2.26. The summed E-state index contributed by atoms with van der Waals surface area (Å²) < 4.78 is 0. The Hall–Kier alpha value is -1.79. The molecule has 0 saturated carbocycles. The Morgan fingerprint density at radius 2 is 2.06 bits per heavy atom. The van der Waals surface area contributed by atoms with Gasteiger partial charge < -0.3 is 21.3 Å². The lowest BCUT2D eigenvalue weighted by molar-refractivity contribution is -0.139. The molecular weight excluding hydrogens is 260 g/mol. The van der Waals surface area contributed by atoms with Crippen LogP contribution in [0.2, 0.25) is 5.02 Å². The van der Waals surface area contributed by atoms with Crippen LogP contribution >= 0.6 is 11.6 Å². The zero-order valence-corrected chi connectivity index (χ0v) is 10.1. The van der Waals surface area contributed by atoms with Crippen molar-refractivity contribution >= 4 is 29.2 Å². The number of benzene rings is 1. The summed E-state index contributed by atoms with van der Waals surface area (Å²) in [5.41, 5.74) is 6.00. The number of carbonyl (C=O) groups is 2. The van der Waals surface area contributed by atoms with Gasteiger partial charge in [0, 0.05) is 29.3 Å². The van der Waals surface area contributed by atoms with Crippen LogP contribution in [0.5, 0.6) is 0 Å². The number of nitrogens with one attached hydrogen (secondary N) is 1. The number of aliphatic hydroxyl groups excluding tert-OH is 1. The number of hydrogen-bond donors (Lipinski definition) is 4. The predicted octanol–water partition coefficient (Wildman–Crippen LogP) is 0.488. The van der Waals surface area contributed by atoms with Gasteiger partial charge in [0.05, 0.1) is 0 Å². The third kappa shape index (κ3) is 3.90. The number of halogens is 1. The van der Waals surface area contributed by atoms with Gasteiger partial charge in [-0.3, -0.25) is 4.79 Å². The summed E-state index contributed by atoms with van der Waals surface area (Å²) in [6, 6.07) is 3.09.